The Labute approximate surface area is 86.4 Å². The van der Waals surface area contributed by atoms with Crippen molar-refractivity contribution < 1.29 is 14.6 Å². The van der Waals surface area contributed by atoms with Gasteiger partial charge in [0.25, 0.3) is 0 Å². The fraction of sp³-hybridized carbons (Fsp3) is 1.00. The lowest BCUT2D eigenvalue weighted by atomic mass is 9.87. The Morgan fingerprint density at radius 1 is 1.36 bits per heavy atom. The summed E-state index contributed by atoms with van der Waals surface area (Å²) >= 11 is 0. The van der Waals surface area contributed by atoms with Crippen LogP contribution >= 0.6 is 0 Å². The van der Waals surface area contributed by atoms with E-state index in [2.05, 4.69) is 20.8 Å². The van der Waals surface area contributed by atoms with E-state index in [0.717, 1.165) is 6.42 Å². The second kappa shape index (κ2) is 5.10. The molecule has 1 fully saturated rings. The highest BCUT2D eigenvalue weighted by Crippen LogP contribution is 2.28. The van der Waals surface area contributed by atoms with Gasteiger partial charge in [-0.25, -0.2) is 0 Å². The predicted molar refractivity (Wildman–Crippen MR) is 55.2 cm³/mol. The largest absolute Gasteiger partial charge is 0.390 e. The van der Waals surface area contributed by atoms with Crippen molar-refractivity contribution >= 4 is 0 Å². The zero-order chi connectivity index (χ0) is 10.7. The Morgan fingerprint density at radius 3 is 2.43 bits per heavy atom. The number of aliphatic hydroxyl groups excluding tert-OH is 1. The van der Waals surface area contributed by atoms with Gasteiger partial charge >= 0.3 is 0 Å². The molecule has 1 aliphatic rings. The standard InChI is InChI=1S/C11H22O3/c1-7(2)5-8(3)14-10-6-9(12)11(10)13-4/h7-12H,5-6H2,1-4H3. The molecule has 0 amide bonds. The van der Waals surface area contributed by atoms with E-state index < -0.39 is 0 Å². The van der Waals surface area contributed by atoms with Crippen LogP contribution in [0.25, 0.3) is 0 Å². The van der Waals surface area contributed by atoms with E-state index in [0.29, 0.717) is 12.3 Å². The zero-order valence-electron chi connectivity index (χ0n) is 9.56. The normalized spacial score (nSPS) is 34.3. The lowest BCUT2D eigenvalue weighted by Crippen LogP contribution is -2.54. The zero-order valence-corrected chi connectivity index (χ0v) is 9.56. The van der Waals surface area contributed by atoms with Gasteiger partial charge in [-0.3, -0.25) is 0 Å². The summed E-state index contributed by atoms with van der Waals surface area (Å²) in [5, 5.41) is 9.37. The van der Waals surface area contributed by atoms with E-state index in [-0.39, 0.29) is 24.4 Å². The Balaban J connectivity index is 2.24. The number of rotatable bonds is 5. The topological polar surface area (TPSA) is 38.7 Å². The first-order chi connectivity index (χ1) is 6.54. The van der Waals surface area contributed by atoms with Crippen LogP contribution in [0.5, 0.6) is 0 Å². The van der Waals surface area contributed by atoms with Crippen LogP contribution in [0.4, 0.5) is 0 Å². The van der Waals surface area contributed by atoms with E-state index in [1.165, 1.54) is 0 Å². The first-order valence-corrected chi connectivity index (χ1v) is 5.41. The molecule has 0 heterocycles. The van der Waals surface area contributed by atoms with Crippen molar-refractivity contribution in [2.75, 3.05) is 7.11 Å². The summed E-state index contributed by atoms with van der Waals surface area (Å²) in [6, 6.07) is 0. The van der Waals surface area contributed by atoms with Gasteiger partial charge < -0.3 is 14.6 Å². The van der Waals surface area contributed by atoms with E-state index >= 15 is 0 Å². The molecule has 1 rings (SSSR count). The minimum Gasteiger partial charge on any atom is -0.390 e. The van der Waals surface area contributed by atoms with Gasteiger partial charge in [-0.1, -0.05) is 13.8 Å². The molecule has 4 atom stereocenters. The lowest BCUT2D eigenvalue weighted by Gasteiger charge is -2.41. The van der Waals surface area contributed by atoms with Gasteiger partial charge in [0, 0.05) is 13.5 Å². The molecule has 1 aliphatic carbocycles. The molecule has 0 aromatic carbocycles. The molecule has 84 valence electrons. The number of hydrogen-bond acceptors (Lipinski definition) is 3. The number of methoxy groups -OCH3 is 1. The van der Waals surface area contributed by atoms with Crippen LogP contribution < -0.4 is 0 Å². The molecule has 0 aliphatic heterocycles. The second-order valence-electron chi connectivity index (χ2n) is 4.62. The number of ether oxygens (including phenoxy) is 2. The summed E-state index contributed by atoms with van der Waals surface area (Å²) in [7, 11) is 1.62. The SMILES string of the molecule is COC1C(O)CC1OC(C)CC(C)C. The van der Waals surface area contributed by atoms with Crippen LogP contribution in [0.2, 0.25) is 0 Å². The van der Waals surface area contributed by atoms with Gasteiger partial charge in [-0.15, -0.1) is 0 Å². The summed E-state index contributed by atoms with van der Waals surface area (Å²) < 4.78 is 10.9. The quantitative estimate of drug-likeness (QED) is 0.735. The molecule has 0 radical (unpaired) electrons. The van der Waals surface area contributed by atoms with Crippen LogP contribution in [0.3, 0.4) is 0 Å². The Morgan fingerprint density at radius 2 is 2.00 bits per heavy atom. The van der Waals surface area contributed by atoms with E-state index in [9.17, 15) is 5.11 Å². The Hall–Kier alpha value is -0.120. The van der Waals surface area contributed by atoms with Crippen LogP contribution in [-0.4, -0.2) is 36.6 Å². The average Bonchev–Trinajstić information content (AvgIpc) is 2.02. The smallest absolute Gasteiger partial charge is 0.109 e. The van der Waals surface area contributed by atoms with Crippen LogP contribution in [0.1, 0.15) is 33.6 Å². The van der Waals surface area contributed by atoms with Crippen molar-refractivity contribution in [3.63, 3.8) is 0 Å². The summed E-state index contributed by atoms with van der Waals surface area (Å²) in [5.41, 5.74) is 0. The highest BCUT2D eigenvalue weighted by atomic mass is 16.6. The van der Waals surface area contributed by atoms with Crippen LogP contribution in [-0.2, 0) is 9.47 Å². The third-order valence-electron chi connectivity index (χ3n) is 2.70. The molecule has 0 bridgehead atoms. The first kappa shape index (κ1) is 12.0. The molecule has 0 spiro atoms. The van der Waals surface area contributed by atoms with E-state index in [1.54, 1.807) is 7.11 Å². The number of hydrogen-bond donors (Lipinski definition) is 1. The number of aliphatic hydroxyl groups is 1. The van der Waals surface area contributed by atoms with Gasteiger partial charge in [-0.2, -0.15) is 0 Å². The Kier molecular flexibility index (Phi) is 4.35. The molecule has 0 saturated heterocycles. The van der Waals surface area contributed by atoms with Crippen molar-refractivity contribution in [3.05, 3.63) is 0 Å². The Bertz CT molecular complexity index is 170. The maximum Gasteiger partial charge on any atom is 0.109 e. The summed E-state index contributed by atoms with van der Waals surface area (Å²) in [6.07, 6.45) is 1.65. The minimum absolute atomic E-state index is 0.0868. The summed E-state index contributed by atoms with van der Waals surface area (Å²) in [4.78, 5) is 0. The lowest BCUT2D eigenvalue weighted by molar-refractivity contribution is -0.197. The van der Waals surface area contributed by atoms with Crippen LogP contribution in [0, 0.1) is 5.92 Å². The predicted octanol–water partition coefficient (Wildman–Crippen LogP) is 1.59. The maximum absolute atomic E-state index is 9.37. The fourth-order valence-corrected chi connectivity index (χ4v) is 2.02. The monoisotopic (exact) mass is 202 g/mol. The fourth-order valence-electron chi connectivity index (χ4n) is 2.02. The summed E-state index contributed by atoms with van der Waals surface area (Å²) in [6.45, 7) is 6.45. The molecule has 1 saturated carbocycles. The average molecular weight is 202 g/mol. The molecule has 3 nitrogen and oxygen atoms in total. The molecule has 3 heteroatoms. The first-order valence-electron chi connectivity index (χ1n) is 5.41. The van der Waals surface area contributed by atoms with Gasteiger partial charge in [0.15, 0.2) is 0 Å². The van der Waals surface area contributed by atoms with Crippen LogP contribution in [0.15, 0.2) is 0 Å². The minimum atomic E-state index is -0.337. The van der Waals surface area contributed by atoms with Gasteiger partial charge in [-0.05, 0) is 19.3 Å². The van der Waals surface area contributed by atoms with Crippen molar-refractivity contribution in [1.82, 2.24) is 0 Å². The molecule has 14 heavy (non-hydrogen) atoms. The molecule has 0 aromatic heterocycles. The van der Waals surface area contributed by atoms with Crippen molar-refractivity contribution in [2.45, 2.75) is 58.0 Å². The van der Waals surface area contributed by atoms with E-state index in [4.69, 9.17) is 9.47 Å². The highest BCUT2D eigenvalue weighted by Gasteiger charge is 2.41. The van der Waals surface area contributed by atoms with Crippen molar-refractivity contribution in [2.24, 2.45) is 5.92 Å². The van der Waals surface area contributed by atoms with Gasteiger partial charge in [0.2, 0.25) is 0 Å². The highest BCUT2D eigenvalue weighted by molar-refractivity contribution is 4.92. The molecule has 0 aromatic rings. The molecule has 1 N–H and O–H groups in total. The van der Waals surface area contributed by atoms with Crippen molar-refractivity contribution in [3.8, 4) is 0 Å². The molecule has 4 unspecified atom stereocenters. The maximum atomic E-state index is 9.37. The molecular formula is C11H22O3. The van der Waals surface area contributed by atoms with Gasteiger partial charge in [0.1, 0.15) is 6.10 Å². The van der Waals surface area contributed by atoms with Crippen molar-refractivity contribution in [1.29, 1.82) is 0 Å². The summed E-state index contributed by atoms with van der Waals surface area (Å²) in [5.74, 6) is 0.649. The third kappa shape index (κ3) is 2.94. The van der Waals surface area contributed by atoms with Gasteiger partial charge in [0.05, 0.1) is 18.3 Å². The molecular weight excluding hydrogens is 180 g/mol. The third-order valence-corrected chi connectivity index (χ3v) is 2.70. The second-order valence-corrected chi connectivity index (χ2v) is 4.62. The van der Waals surface area contributed by atoms with E-state index in [1.807, 2.05) is 0 Å².